The highest BCUT2D eigenvalue weighted by Crippen LogP contribution is 2.32. The number of benzene rings is 1. The summed E-state index contributed by atoms with van der Waals surface area (Å²) in [4.78, 5) is 16.6. The second kappa shape index (κ2) is 8.16. The lowest BCUT2D eigenvalue weighted by Gasteiger charge is -2.20. The summed E-state index contributed by atoms with van der Waals surface area (Å²) in [5, 5.41) is 3.99. The molecule has 0 bridgehead atoms. The molecule has 3 nitrogen and oxygen atoms in total. The van der Waals surface area contributed by atoms with E-state index in [1.54, 1.807) is 6.20 Å². The number of pyridine rings is 1. The van der Waals surface area contributed by atoms with Crippen molar-refractivity contribution in [3.05, 3.63) is 53.7 Å². The van der Waals surface area contributed by atoms with Crippen molar-refractivity contribution in [1.82, 2.24) is 4.98 Å². The molecule has 1 N–H and O–H groups in total. The minimum atomic E-state index is 0.00986. The number of nitrogens with one attached hydrogen (secondary N) is 1. The number of carbonyl (C=O) groups is 1. The van der Waals surface area contributed by atoms with Crippen LogP contribution < -0.4 is 5.32 Å². The minimum absolute atomic E-state index is 0.00986. The van der Waals surface area contributed by atoms with E-state index in [1.807, 2.05) is 18.2 Å². The second-order valence-corrected chi connectivity index (χ2v) is 7.12. The van der Waals surface area contributed by atoms with Gasteiger partial charge in [0, 0.05) is 11.9 Å². The van der Waals surface area contributed by atoms with Crippen LogP contribution in [-0.4, -0.2) is 16.6 Å². The van der Waals surface area contributed by atoms with E-state index in [2.05, 4.69) is 56.2 Å². The third-order valence-electron chi connectivity index (χ3n) is 3.63. The largest absolute Gasteiger partial charge is 0.325 e. The van der Waals surface area contributed by atoms with Crippen molar-refractivity contribution in [3.8, 4) is 0 Å². The lowest BCUT2D eigenvalue weighted by molar-refractivity contribution is -0.113. The molecule has 0 atom stereocenters. The van der Waals surface area contributed by atoms with E-state index in [4.69, 9.17) is 0 Å². The quantitative estimate of drug-likeness (QED) is 0.754. The highest BCUT2D eigenvalue weighted by molar-refractivity contribution is 7.99. The fraction of sp³-hybridized carbons (Fsp3) is 0.368. The second-order valence-electron chi connectivity index (χ2n) is 6.13. The van der Waals surface area contributed by atoms with Gasteiger partial charge in [-0.2, -0.15) is 0 Å². The van der Waals surface area contributed by atoms with Gasteiger partial charge in [-0.3, -0.25) is 4.79 Å². The third-order valence-corrected chi connectivity index (χ3v) is 4.57. The van der Waals surface area contributed by atoms with E-state index in [0.29, 0.717) is 17.6 Å². The van der Waals surface area contributed by atoms with E-state index in [9.17, 15) is 4.79 Å². The summed E-state index contributed by atoms with van der Waals surface area (Å²) in [6, 6.07) is 12.0. The Bertz CT molecular complexity index is 627. The number of aromatic nitrogens is 1. The Hall–Kier alpha value is -1.81. The molecular formula is C19H24N2OS. The van der Waals surface area contributed by atoms with Gasteiger partial charge in [-0.1, -0.05) is 63.7 Å². The molecule has 0 unspecified atom stereocenters. The van der Waals surface area contributed by atoms with Gasteiger partial charge in [0.1, 0.15) is 0 Å². The fourth-order valence-corrected chi connectivity index (χ4v) is 3.10. The molecule has 0 aliphatic heterocycles. The highest BCUT2D eigenvalue weighted by atomic mass is 32.2. The van der Waals surface area contributed by atoms with Crippen LogP contribution in [-0.2, 0) is 4.79 Å². The molecule has 0 spiro atoms. The molecule has 1 aromatic carbocycles. The first-order valence-electron chi connectivity index (χ1n) is 7.95. The number of carbonyl (C=O) groups excluding carboxylic acids is 1. The van der Waals surface area contributed by atoms with Crippen LogP contribution in [0.3, 0.4) is 0 Å². The Morgan fingerprint density at radius 3 is 2.22 bits per heavy atom. The molecule has 0 aliphatic carbocycles. The molecule has 122 valence electrons. The van der Waals surface area contributed by atoms with Crippen molar-refractivity contribution in [2.75, 3.05) is 11.1 Å². The molecule has 0 aliphatic rings. The molecule has 0 radical (unpaired) electrons. The highest BCUT2D eigenvalue weighted by Gasteiger charge is 2.16. The number of thioether (sulfide) groups is 1. The van der Waals surface area contributed by atoms with E-state index in [-0.39, 0.29) is 5.91 Å². The standard InChI is InChI=1S/C19H24N2OS/c1-13(2)15-8-7-9-16(14(3)4)19(15)21-17(22)12-23-18-10-5-6-11-20-18/h5-11,13-14H,12H2,1-4H3,(H,21,22). The predicted octanol–water partition coefficient (Wildman–Crippen LogP) is 5.06. The fourth-order valence-electron chi connectivity index (χ4n) is 2.44. The molecule has 0 saturated heterocycles. The minimum Gasteiger partial charge on any atom is -0.325 e. The number of para-hydroxylation sites is 1. The van der Waals surface area contributed by atoms with E-state index >= 15 is 0 Å². The van der Waals surface area contributed by atoms with Crippen molar-refractivity contribution in [2.24, 2.45) is 0 Å². The molecule has 2 rings (SSSR count). The Kier molecular flexibility index (Phi) is 6.22. The summed E-state index contributed by atoms with van der Waals surface area (Å²) in [5.41, 5.74) is 3.35. The number of hydrogen-bond donors (Lipinski definition) is 1. The molecule has 0 fully saturated rings. The van der Waals surface area contributed by atoms with Gasteiger partial charge in [-0.05, 0) is 35.1 Å². The van der Waals surface area contributed by atoms with Gasteiger partial charge in [0.25, 0.3) is 0 Å². The van der Waals surface area contributed by atoms with Gasteiger partial charge in [-0.25, -0.2) is 4.98 Å². The van der Waals surface area contributed by atoms with Crippen LogP contribution in [0.4, 0.5) is 5.69 Å². The number of hydrogen-bond acceptors (Lipinski definition) is 3. The van der Waals surface area contributed by atoms with Gasteiger partial charge in [0.15, 0.2) is 0 Å². The molecule has 2 aromatic rings. The first-order valence-corrected chi connectivity index (χ1v) is 8.94. The average molecular weight is 328 g/mol. The van der Waals surface area contributed by atoms with Crippen LogP contribution >= 0.6 is 11.8 Å². The zero-order valence-corrected chi connectivity index (χ0v) is 15.0. The van der Waals surface area contributed by atoms with Crippen molar-refractivity contribution >= 4 is 23.4 Å². The van der Waals surface area contributed by atoms with Crippen molar-refractivity contribution in [1.29, 1.82) is 0 Å². The maximum Gasteiger partial charge on any atom is 0.234 e. The molecule has 1 aromatic heterocycles. The predicted molar refractivity (Wildman–Crippen MR) is 98.2 cm³/mol. The summed E-state index contributed by atoms with van der Waals surface area (Å²) in [6.07, 6.45) is 1.74. The smallest absolute Gasteiger partial charge is 0.234 e. The van der Waals surface area contributed by atoms with Gasteiger partial charge >= 0.3 is 0 Å². The number of nitrogens with zero attached hydrogens (tertiary/aromatic N) is 1. The maximum absolute atomic E-state index is 12.4. The monoisotopic (exact) mass is 328 g/mol. The van der Waals surface area contributed by atoms with E-state index < -0.39 is 0 Å². The molecule has 4 heteroatoms. The van der Waals surface area contributed by atoms with Crippen LogP contribution in [0, 0.1) is 0 Å². The van der Waals surface area contributed by atoms with Gasteiger partial charge in [0.05, 0.1) is 10.8 Å². The van der Waals surface area contributed by atoms with Crippen molar-refractivity contribution in [3.63, 3.8) is 0 Å². The molecule has 0 saturated carbocycles. The molecule has 23 heavy (non-hydrogen) atoms. The summed E-state index contributed by atoms with van der Waals surface area (Å²) in [7, 11) is 0. The molecular weight excluding hydrogens is 304 g/mol. The normalized spacial score (nSPS) is 11.0. The lowest BCUT2D eigenvalue weighted by Crippen LogP contribution is -2.17. The summed E-state index contributed by atoms with van der Waals surface area (Å²) >= 11 is 1.45. The number of rotatable bonds is 6. The Morgan fingerprint density at radius 2 is 1.70 bits per heavy atom. The lowest BCUT2D eigenvalue weighted by atomic mass is 9.92. The topological polar surface area (TPSA) is 42.0 Å². The van der Waals surface area contributed by atoms with Gasteiger partial charge < -0.3 is 5.32 Å². The molecule has 1 amide bonds. The average Bonchev–Trinajstić information content (AvgIpc) is 2.53. The maximum atomic E-state index is 12.4. The van der Waals surface area contributed by atoms with Crippen LogP contribution in [0.2, 0.25) is 0 Å². The van der Waals surface area contributed by atoms with Gasteiger partial charge in [-0.15, -0.1) is 0 Å². The van der Waals surface area contributed by atoms with Crippen molar-refractivity contribution < 1.29 is 4.79 Å². The Balaban J connectivity index is 2.13. The zero-order chi connectivity index (χ0) is 16.8. The van der Waals surface area contributed by atoms with Crippen molar-refractivity contribution in [2.45, 2.75) is 44.6 Å². The summed E-state index contributed by atoms with van der Waals surface area (Å²) < 4.78 is 0. The van der Waals surface area contributed by atoms with Crippen LogP contribution in [0.5, 0.6) is 0 Å². The molecule has 1 heterocycles. The summed E-state index contributed by atoms with van der Waals surface area (Å²) in [6.45, 7) is 8.60. The SMILES string of the molecule is CC(C)c1cccc(C(C)C)c1NC(=O)CSc1ccccn1. The number of amides is 1. The van der Waals surface area contributed by atoms with Crippen LogP contribution in [0.1, 0.15) is 50.7 Å². The first kappa shape index (κ1) is 17.5. The first-order chi connectivity index (χ1) is 11.0. The van der Waals surface area contributed by atoms with Crippen LogP contribution in [0.15, 0.2) is 47.6 Å². The Morgan fingerprint density at radius 1 is 1.04 bits per heavy atom. The third kappa shape index (κ3) is 4.83. The Labute approximate surface area is 142 Å². The van der Waals surface area contributed by atoms with E-state index in [0.717, 1.165) is 10.7 Å². The summed E-state index contributed by atoms with van der Waals surface area (Å²) in [5.74, 6) is 1.11. The van der Waals surface area contributed by atoms with Gasteiger partial charge in [0.2, 0.25) is 5.91 Å². The van der Waals surface area contributed by atoms with E-state index in [1.165, 1.54) is 22.9 Å². The number of anilines is 1. The zero-order valence-electron chi connectivity index (χ0n) is 14.2. The van der Waals surface area contributed by atoms with Crippen LogP contribution in [0.25, 0.3) is 0 Å².